The van der Waals surface area contributed by atoms with Crippen molar-refractivity contribution >= 4 is 23.6 Å². The Balaban J connectivity index is 2.84. The van der Waals surface area contributed by atoms with Gasteiger partial charge in [-0.1, -0.05) is 13.8 Å². The molecule has 1 heterocycles. The number of nitrogens with zero attached hydrogens (tertiary/aromatic N) is 1. The molecule has 1 atom stereocenters. The highest BCUT2D eigenvalue weighted by Crippen LogP contribution is 2.24. The number of hydrogen-bond donors (Lipinski definition) is 1. The van der Waals surface area contributed by atoms with Gasteiger partial charge in [-0.2, -0.15) is 11.8 Å². The van der Waals surface area contributed by atoms with Crippen LogP contribution in [-0.4, -0.2) is 46.8 Å². The first-order valence-corrected chi connectivity index (χ1v) is 7.62. The Morgan fingerprint density at radius 1 is 1.44 bits per heavy atom. The molecule has 0 bridgehead atoms. The van der Waals surface area contributed by atoms with E-state index in [2.05, 4.69) is 19.2 Å². The summed E-state index contributed by atoms with van der Waals surface area (Å²) in [7, 11) is 0. The maximum atomic E-state index is 12.4. The minimum absolute atomic E-state index is 0.0184. The zero-order valence-corrected chi connectivity index (χ0v) is 12.8. The molecule has 18 heavy (non-hydrogen) atoms. The quantitative estimate of drug-likeness (QED) is 0.844. The number of rotatable bonds is 4. The molecule has 1 fully saturated rings. The van der Waals surface area contributed by atoms with E-state index in [-0.39, 0.29) is 28.5 Å². The lowest BCUT2D eigenvalue weighted by atomic mass is 10.0. The van der Waals surface area contributed by atoms with Gasteiger partial charge in [0.15, 0.2) is 0 Å². The minimum Gasteiger partial charge on any atom is -0.344 e. The molecule has 1 aliphatic heterocycles. The van der Waals surface area contributed by atoms with E-state index in [4.69, 9.17) is 0 Å². The topological polar surface area (TPSA) is 49.4 Å². The molecule has 104 valence electrons. The lowest BCUT2D eigenvalue weighted by molar-refractivity contribution is -0.135. The zero-order valence-electron chi connectivity index (χ0n) is 11.9. The predicted molar refractivity (Wildman–Crippen MR) is 75.6 cm³/mol. The summed E-state index contributed by atoms with van der Waals surface area (Å²) in [6.07, 6.45) is 2.45. The van der Waals surface area contributed by atoms with E-state index >= 15 is 0 Å². The number of carbonyl (C=O) groups excluding carboxylic acids is 2. The second-order valence-electron chi connectivity index (χ2n) is 5.76. The van der Waals surface area contributed by atoms with Crippen molar-refractivity contribution in [1.29, 1.82) is 0 Å². The summed E-state index contributed by atoms with van der Waals surface area (Å²) in [6.45, 7) is 9.38. The van der Waals surface area contributed by atoms with Gasteiger partial charge in [-0.3, -0.25) is 9.59 Å². The van der Waals surface area contributed by atoms with Gasteiger partial charge in [-0.15, -0.1) is 0 Å². The van der Waals surface area contributed by atoms with Crippen molar-refractivity contribution in [3.63, 3.8) is 0 Å². The van der Waals surface area contributed by atoms with Gasteiger partial charge in [0.2, 0.25) is 11.8 Å². The highest BCUT2D eigenvalue weighted by molar-refractivity contribution is 7.99. The maximum absolute atomic E-state index is 12.4. The van der Waals surface area contributed by atoms with E-state index in [0.29, 0.717) is 19.5 Å². The molecule has 1 rings (SSSR count). The van der Waals surface area contributed by atoms with E-state index < -0.39 is 0 Å². The highest BCUT2D eigenvalue weighted by atomic mass is 32.2. The van der Waals surface area contributed by atoms with Crippen LogP contribution in [0, 0.1) is 5.92 Å². The molecule has 0 spiro atoms. The molecule has 0 saturated carbocycles. The molecule has 0 aromatic rings. The fraction of sp³-hybridized carbons (Fsp3) is 0.846. The van der Waals surface area contributed by atoms with Crippen molar-refractivity contribution < 1.29 is 9.59 Å². The first kappa shape index (κ1) is 15.3. The molecule has 0 aromatic heterocycles. The van der Waals surface area contributed by atoms with Crippen LogP contribution in [0.2, 0.25) is 0 Å². The monoisotopic (exact) mass is 272 g/mol. The van der Waals surface area contributed by atoms with Gasteiger partial charge in [-0.25, -0.2) is 0 Å². The first-order chi connectivity index (χ1) is 8.26. The summed E-state index contributed by atoms with van der Waals surface area (Å²) in [5.74, 6) is 0.156. The standard InChI is InChI=1S/C13H24N2O2S/c1-9(2)11-12(17)15(7-6-10(16)14-11)8-13(3,4)18-5/h9,11H,6-8H2,1-5H3,(H,14,16). The summed E-state index contributed by atoms with van der Waals surface area (Å²) in [5, 5.41) is 2.82. The zero-order chi connectivity index (χ0) is 13.9. The minimum atomic E-state index is -0.377. The second-order valence-corrected chi connectivity index (χ2v) is 7.28. The van der Waals surface area contributed by atoms with Gasteiger partial charge in [0.05, 0.1) is 0 Å². The Labute approximate surface area is 114 Å². The van der Waals surface area contributed by atoms with Crippen molar-refractivity contribution in [1.82, 2.24) is 10.2 Å². The SMILES string of the molecule is CSC(C)(C)CN1CCC(=O)NC(C(C)C)C1=O. The summed E-state index contributed by atoms with van der Waals surface area (Å²) in [6, 6.07) is -0.377. The van der Waals surface area contributed by atoms with Gasteiger partial charge < -0.3 is 10.2 Å². The third-order valence-corrected chi connectivity index (χ3v) is 4.53. The van der Waals surface area contributed by atoms with Crippen LogP contribution in [0.1, 0.15) is 34.1 Å². The fourth-order valence-corrected chi connectivity index (χ4v) is 2.27. The second kappa shape index (κ2) is 5.95. The summed E-state index contributed by atoms with van der Waals surface area (Å²) in [4.78, 5) is 25.9. The van der Waals surface area contributed by atoms with Crippen LogP contribution >= 0.6 is 11.8 Å². The van der Waals surface area contributed by atoms with Crippen LogP contribution in [0.25, 0.3) is 0 Å². The molecular formula is C13H24N2O2S. The lowest BCUT2D eigenvalue weighted by Gasteiger charge is -2.32. The normalized spacial score (nSPS) is 22.1. The summed E-state index contributed by atoms with van der Waals surface area (Å²) >= 11 is 1.74. The number of hydrogen-bond acceptors (Lipinski definition) is 3. The average molecular weight is 272 g/mol. The number of amides is 2. The van der Waals surface area contributed by atoms with E-state index in [0.717, 1.165) is 0 Å². The van der Waals surface area contributed by atoms with Crippen molar-refractivity contribution in [2.24, 2.45) is 5.92 Å². The van der Waals surface area contributed by atoms with Crippen molar-refractivity contribution in [3.8, 4) is 0 Å². The number of carbonyl (C=O) groups is 2. The molecule has 0 aromatic carbocycles. The van der Waals surface area contributed by atoms with Gasteiger partial charge in [-0.05, 0) is 26.0 Å². The average Bonchev–Trinajstić information content (AvgIpc) is 2.42. The third-order valence-electron chi connectivity index (χ3n) is 3.29. The van der Waals surface area contributed by atoms with E-state index in [1.165, 1.54) is 0 Å². The molecular weight excluding hydrogens is 248 g/mol. The Morgan fingerprint density at radius 2 is 2.06 bits per heavy atom. The largest absolute Gasteiger partial charge is 0.344 e. The van der Waals surface area contributed by atoms with Gasteiger partial charge >= 0.3 is 0 Å². The Kier molecular flexibility index (Phi) is 5.08. The molecule has 1 unspecified atom stereocenters. The van der Waals surface area contributed by atoms with Crippen molar-refractivity contribution in [3.05, 3.63) is 0 Å². The maximum Gasteiger partial charge on any atom is 0.245 e. The Bertz CT molecular complexity index is 329. The fourth-order valence-electron chi connectivity index (χ4n) is 1.98. The number of nitrogens with one attached hydrogen (secondary N) is 1. The van der Waals surface area contributed by atoms with Crippen LogP contribution in [0.15, 0.2) is 0 Å². The summed E-state index contributed by atoms with van der Waals surface area (Å²) in [5.41, 5.74) is 0. The Hall–Kier alpha value is -0.710. The van der Waals surface area contributed by atoms with Crippen LogP contribution in [0.5, 0.6) is 0 Å². The van der Waals surface area contributed by atoms with E-state index in [1.807, 2.05) is 25.0 Å². The molecule has 0 radical (unpaired) electrons. The molecule has 0 aliphatic carbocycles. The van der Waals surface area contributed by atoms with Crippen LogP contribution < -0.4 is 5.32 Å². The van der Waals surface area contributed by atoms with Crippen LogP contribution in [-0.2, 0) is 9.59 Å². The molecule has 2 amide bonds. The Morgan fingerprint density at radius 3 is 2.56 bits per heavy atom. The van der Waals surface area contributed by atoms with Gasteiger partial charge in [0.25, 0.3) is 0 Å². The predicted octanol–water partition coefficient (Wildman–Crippen LogP) is 1.50. The molecule has 1 saturated heterocycles. The van der Waals surface area contributed by atoms with Crippen molar-refractivity contribution in [2.45, 2.75) is 44.9 Å². The molecule has 4 nitrogen and oxygen atoms in total. The lowest BCUT2D eigenvalue weighted by Crippen LogP contribution is -2.50. The summed E-state index contributed by atoms with van der Waals surface area (Å²) < 4.78 is 0.0184. The van der Waals surface area contributed by atoms with Crippen LogP contribution in [0.3, 0.4) is 0 Å². The van der Waals surface area contributed by atoms with E-state index in [9.17, 15) is 9.59 Å². The molecule has 1 N–H and O–H groups in total. The molecule has 5 heteroatoms. The number of thioether (sulfide) groups is 1. The van der Waals surface area contributed by atoms with Crippen LogP contribution in [0.4, 0.5) is 0 Å². The van der Waals surface area contributed by atoms with Gasteiger partial charge in [0, 0.05) is 24.3 Å². The first-order valence-electron chi connectivity index (χ1n) is 6.40. The van der Waals surface area contributed by atoms with Gasteiger partial charge in [0.1, 0.15) is 6.04 Å². The smallest absolute Gasteiger partial charge is 0.245 e. The van der Waals surface area contributed by atoms with E-state index in [1.54, 1.807) is 11.8 Å². The molecule has 1 aliphatic rings. The highest BCUT2D eigenvalue weighted by Gasteiger charge is 2.34. The van der Waals surface area contributed by atoms with Crippen molar-refractivity contribution in [2.75, 3.05) is 19.3 Å². The third kappa shape index (κ3) is 3.90.